The summed E-state index contributed by atoms with van der Waals surface area (Å²) in [5.41, 5.74) is 0.705. The average Bonchev–Trinajstić information content (AvgIpc) is 2.90. The number of esters is 1. The van der Waals surface area contributed by atoms with Crippen molar-refractivity contribution in [2.45, 2.75) is 18.9 Å². The SMILES string of the molecule is CC(=O)Oc1cc(Cl)c(C(=O)Nc2nc(S(C)(=O)=O)cs2)cc1C. The first kappa shape index (κ1) is 18.4. The van der Waals surface area contributed by atoms with Crippen LogP contribution in [0.3, 0.4) is 0 Å². The second kappa shape index (κ2) is 6.88. The van der Waals surface area contributed by atoms with Gasteiger partial charge < -0.3 is 4.74 Å². The lowest BCUT2D eigenvalue weighted by Crippen LogP contribution is -2.13. The number of hydrogen-bond donors (Lipinski definition) is 1. The van der Waals surface area contributed by atoms with E-state index in [1.807, 2.05) is 0 Å². The molecule has 0 fully saturated rings. The Morgan fingerprint density at radius 1 is 1.33 bits per heavy atom. The fourth-order valence-corrected chi connectivity index (χ4v) is 3.72. The lowest BCUT2D eigenvalue weighted by molar-refractivity contribution is -0.131. The second-order valence-electron chi connectivity index (χ2n) is 4.91. The van der Waals surface area contributed by atoms with Crippen LogP contribution in [0.5, 0.6) is 5.75 Å². The molecule has 0 atom stereocenters. The second-order valence-corrected chi connectivity index (χ2v) is 8.14. The number of carbonyl (C=O) groups is 2. The number of nitrogens with zero attached hydrogens (tertiary/aromatic N) is 1. The van der Waals surface area contributed by atoms with E-state index in [9.17, 15) is 18.0 Å². The van der Waals surface area contributed by atoms with Gasteiger partial charge >= 0.3 is 5.97 Å². The molecule has 1 heterocycles. The molecule has 10 heteroatoms. The molecule has 24 heavy (non-hydrogen) atoms. The van der Waals surface area contributed by atoms with Crippen molar-refractivity contribution < 1.29 is 22.7 Å². The van der Waals surface area contributed by atoms with E-state index in [1.54, 1.807) is 6.92 Å². The number of aromatic nitrogens is 1. The zero-order valence-corrected chi connectivity index (χ0v) is 15.3. The molecule has 7 nitrogen and oxygen atoms in total. The molecule has 0 saturated heterocycles. The number of sulfone groups is 1. The third-order valence-corrected chi connectivity index (χ3v) is 5.03. The van der Waals surface area contributed by atoms with E-state index in [1.165, 1.54) is 24.4 Å². The summed E-state index contributed by atoms with van der Waals surface area (Å²) in [6.07, 6.45) is 1.03. The Bertz CT molecular complexity index is 921. The Kier molecular flexibility index (Phi) is 5.26. The first-order valence-corrected chi connectivity index (χ1v) is 9.68. The highest BCUT2D eigenvalue weighted by Gasteiger charge is 2.18. The van der Waals surface area contributed by atoms with E-state index in [0.717, 1.165) is 17.6 Å². The molecule has 0 saturated carbocycles. The Balaban J connectivity index is 2.25. The van der Waals surface area contributed by atoms with Crippen LogP contribution >= 0.6 is 22.9 Å². The van der Waals surface area contributed by atoms with Crippen molar-refractivity contribution in [1.82, 2.24) is 4.98 Å². The molecule has 1 amide bonds. The molecule has 0 bridgehead atoms. The third kappa shape index (κ3) is 4.31. The first-order chi connectivity index (χ1) is 11.1. The van der Waals surface area contributed by atoms with E-state index >= 15 is 0 Å². The maximum absolute atomic E-state index is 12.3. The van der Waals surface area contributed by atoms with Crippen molar-refractivity contribution in [2.24, 2.45) is 0 Å². The molecule has 1 aromatic heterocycles. The van der Waals surface area contributed by atoms with Crippen LogP contribution in [0.15, 0.2) is 22.5 Å². The van der Waals surface area contributed by atoms with Crippen LogP contribution in [0.2, 0.25) is 5.02 Å². The molecular formula is C14H13ClN2O5S2. The van der Waals surface area contributed by atoms with E-state index in [-0.39, 0.29) is 26.5 Å². The van der Waals surface area contributed by atoms with Gasteiger partial charge in [-0.25, -0.2) is 13.4 Å². The Labute approximate surface area is 147 Å². The minimum absolute atomic E-state index is 0.0919. The molecule has 128 valence electrons. The number of aryl methyl sites for hydroxylation is 1. The molecule has 0 aliphatic heterocycles. The molecule has 2 aromatic rings. The number of hydrogen-bond acceptors (Lipinski definition) is 7. The summed E-state index contributed by atoms with van der Waals surface area (Å²) in [6.45, 7) is 2.92. The molecule has 2 rings (SSSR count). The van der Waals surface area contributed by atoms with Gasteiger partial charge in [-0.05, 0) is 18.6 Å². The van der Waals surface area contributed by atoms with Crippen molar-refractivity contribution in [2.75, 3.05) is 11.6 Å². The summed E-state index contributed by atoms with van der Waals surface area (Å²) in [5, 5.41) is 3.94. The van der Waals surface area contributed by atoms with Gasteiger partial charge in [0.05, 0.1) is 10.6 Å². The third-order valence-electron chi connectivity index (χ3n) is 2.85. The number of carbonyl (C=O) groups excluding carboxylic acids is 2. The van der Waals surface area contributed by atoms with Crippen LogP contribution < -0.4 is 10.1 Å². The van der Waals surface area contributed by atoms with Crippen molar-refractivity contribution in [3.63, 3.8) is 0 Å². The quantitative estimate of drug-likeness (QED) is 0.638. The molecule has 1 aromatic carbocycles. The number of anilines is 1. The molecule has 0 aliphatic rings. The van der Waals surface area contributed by atoms with Crippen LogP contribution in [0.1, 0.15) is 22.8 Å². The van der Waals surface area contributed by atoms with Crippen LogP contribution in [0.25, 0.3) is 0 Å². The molecule has 1 N–H and O–H groups in total. The van der Waals surface area contributed by atoms with Gasteiger partial charge in [0.25, 0.3) is 5.91 Å². The highest BCUT2D eigenvalue weighted by atomic mass is 35.5. The van der Waals surface area contributed by atoms with Crippen LogP contribution in [0.4, 0.5) is 5.13 Å². The minimum Gasteiger partial charge on any atom is -0.426 e. The molecule has 0 spiro atoms. The minimum atomic E-state index is -3.44. The lowest BCUT2D eigenvalue weighted by Gasteiger charge is -2.10. The van der Waals surface area contributed by atoms with Crippen LogP contribution in [0, 0.1) is 6.92 Å². The van der Waals surface area contributed by atoms with Crippen LogP contribution in [-0.2, 0) is 14.6 Å². The monoisotopic (exact) mass is 388 g/mol. The highest BCUT2D eigenvalue weighted by molar-refractivity contribution is 7.90. The number of benzene rings is 1. The van der Waals surface area contributed by atoms with Gasteiger partial charge in [-0.2, -0.15) is 0 Å². The Morgan fingerprint density at radius 2 is 2.00 bits per heavy atom. The van der Waals surface area contributed by atoms with Crippen LogP contribution in [-0.4, -0.2) is 31.5 Å². The van der Waals surface area contributed by atoms with Gasteiger partial charge in [-0.1, -0.05) is 11.6 Å². The average molecular weight is 389 g/mol. The zero-order valence-electron chi connectivity index (χ0n) is 12.9. The smallest absolute Gasteiger partial charge is 0.308 e. The summed E-state index contributed by atoms with van der Waals surface area (Å²) in [5.74, 6) is -0.785. The summed E-state index contributed by atoms with van der Waals surface area (Å²) in [7, 11) is -3.44. The number of nitrogens with one attached hydrogen (secondary N) is 1. The largest absolute Gasteiger partial charge is 0.426 e. The predicted octanol–water partition coefficient (Wildman–Crippen LogP) is 2.69. The van der Waals surface area contributed by atoms with Gasteiger partial charge in [0, 0.05) is 24.6 Å². The summed E-state index contributed by atoms with van der Waals surface area (Å²) in [4.78, 5) is 27.2. The van der Waals surface area contributed by atoms with Gasteiger partial charge in [0.15, 0.2) is 20.0 Å². The lowest BCUT2D eigenvalue weighted by atomic mass is 10.1. The summed E-state index contributed by atoms with van der Waals surface area (Å²) >= 11 is 7.05. The van der Waals surface area contributed by atoms with Gasteiger partial charge in [0.2, 0.25) is 0 Å². The number of ether oxygens (including phenoxy) is 1. The summed E-state index contributed by atoms with van der Waals surface area (Å²) < 4.78 is 27.8. The summed E-state index contributed by atoms with van der Waals surface area (Å²) in [6, 6.07) is 2.85. The van der Waals surface area contributed by atoms with Gasteiger partial charge in [0.1, 0.15) is 5.75 Å². The maximum atomic E-state index is 12.3. The normalized spacial score (nSPS) is 11.2. The first-order valence-electron chi connectivity index (χ1n) is 6.53. The van der Waals surface area contributed by atoms with Crippen molar-refractivity contribution in [3.8, 4) is 5.75 Å². The highest BCUT2D eigenvalue weighted by Crippen LogP contribution is 2.28. The topological polar surface area (TPSA) is 102 Å². The van der Waals surface area contributed by atoms with E-state index in [2.05, 4.69) is 10.3 Å². The predicted molar refractivity (Wildman–Crippen MR) is 90.7 cm³/mol. The Hall–Kier alpha value is -1.97. The maximum Gasteiger partial charge on any atom is 0.308 e. The number of amides is 1. The molecular weight excluding hydrogens is 376 g/mol. The molecule has 0 radical (unpaired) electrons. The van der Waals surface area contributed by atoms with Gasteiger partial charge in [-0.3, -0.25) is 14.9 Å². The van der Waals surface area contributed by atoms with E-state index < -0.39 is 21.7 Å². The standard InChI is InChI=1S/C14H13ClN2O5S2/c1-7-4-9(10(15)5-11(7)22-8(2)18)13(19)17-14-16-12(6-23-14)24(3,20)21/h4-6H,1-3H3,(H,16,17,19). The van der Waals surface area contributed by atoms with E-state index in [0.29, 0.717) is 5.56 Å². The van der Waals surface area contributed by atoms with Gasteiger partial charge in [-0.15, -0.1) is 11.3 Å². The van der Waals surface area contributed by atoms with Crippen molar-refractivity contribution in [3.05, 3.63) is 33.7 Å². The van der Waals surface area contributed by atoms with E-state index in [4.69, 9.17) is 16.3 Å². The number of thiazole rings is 1. The number of rotatable bonds is 4. The van der Waals surface area contributed by atoms with Crippen molar-refractivity contribution >= 4 is 49.8 Å². The zero-order chi connectivity index (χ0) is 18.1. The fraction of sp³-hybridized carbons (Fsp3) is 0.214. The fourth-order valence-electron chi connectivity index (χ4n) is 1.75. The molecule has 0 unspecified atom stereocenters. The van der Waals surface area contributed by atoms with Crippen molar-refractivity contribution in [1.29, 1.82) is 0 Å². The molecule has 0 aliphatic carbocycles. The number of halogens is 1. The Morgan fingerprint density at radius 3 is 2.54 bits per heavy atom.